The van der Waals surface area contributed by atoms with E-state index in [9.17, 15) is 9.59 Å². The highest BCUT2D eigenvalue weighted by molar-refractivity contribution is 6.37. The van der Waals surface area contributed by atoms with Crippen molar-refractivity contribution in [2.24, 2.45) is 0 Å². The number of carbonyl (C=O) groups is 2. The van der Waals surface area contributed by atoms with Crippen LogP contribution in [-0.4, -0.2) is 18.9 Å². The van der Waals surface area contributed by atoms with Crippen molar-refractivity contribution >= 4 is 46.4 Å². The van der Waals surface area contributed by atoms with Crippen LogP contribution in [0.2, 0.25) is 10.0 Å². The second-order valence-electron chi connectivity index (χ2n) is 4.71. The van der Waals surface area contributed by atoms with Crippen LogP contribution in [0.15, 0.2) is 42.5 Å². The maximum Gasteiger partial charge on any atom is 0.257 e. The first kappa shape index (κ1) is 16.3. The van der Waals surface area contributed by atoms with E-state index < -0.39 is 0 Å². The number of amides is 2. The number of rotatable bonds is 3. The lowest BCUT2D eigenvalue weighted by molar-refractivity contribution is -0.116. The van der Waals surface area contributed by atoms with Gasteiger partial charge in [0, 0.05) is 30.4 Å². The second-order valence-corrected chi connectivity index (χ2v) is 5.55. The van der Waals surface area contributed by atoms with E-state index >= 15 is 0 Å². The van der Waals surface area contributed by atoms with Gasteiger partial charge in [0.05, 0.1) is 10.6 Å². The summed E-state index contributed by atoms with van der Waals surface area (Å²) in [5.41, 5.74) is 1.59. The van der Waals surface area contributed by atoms with Gasteiger partial charge in [0.1, 0.15) is 0 Å². The number of nitrogens with one attached hydrogen (secondary N) is 1. The Labute approximate surface area is 138 Å². The third-order valence-corrected chi connectivity index (χ3v) is 3.69. The molecule has 0 saturated carbocycles. The van der Waals surface area contributed by atoms with E-state index in [4.69, 9.17) is 23.2 Å². The van der Waals surface area contributed by atoms with Gasteiger partial charge in [-0.25, -0.2) is 0 Å². The van der Waals surface area contributed by atoms with Gasteiger partial charge in [0.2, 0.25) is 5.91 Å². The van der Waals surface area contributed by atoms with Crippen molar-refractivity contribution in [1.82, 2.24) is 0 Å². The summed E-state index contributed by atoms with van der Waals surface area (Å²) in [5.74, 6) is -0.437. The third kappa shape index (κ3) is 3.78. The molecule has 1 N–H and O–H groups in total. The molecule has 0 saturated heterocycles. The molecule has 0 radical (unpaired) electrons. The van der Waals surface area contributed by atoms with E-state index in [1.54, 1.807) is 43.4 Å². The Kier molecular flexibility index (Phi) is 5.06. The SMILES string of the molecule is CC(=O)N(C)c1cccc(NC(=O)c2ccc(Cl)cc2Cl)c1. The maximum atomic E-state index is 12.2. The van der Waals surface area contributed by atoms with Gasteiger partial charge < -0.3 is 10.2 Å². The molecule has 0 atom stereocenters. The molecule has 2 amide bonds. The van der Waals surface area contributed by atoms with Gasteiger partial charge in [0.15, 0.2) is 0 Å². The Morgan fingerprint density at radius 2 is 1.82 bits per heavy atom. The van der Waals surface area contributed by atoms with Crippen molar-refractivity contribution in [3.8, 4) is 0 Å². The zero-order chi connectivity index (χ0) is 16.3. The highest BCUT2D eigenvalue weighted by atomic mass is 35.5. The van der Waals surface area contributed by atoms with E-state index in [0.29, 0.717) is 22.0 Å². The Bertz CT molecular complexity index is 732. The molecule has 2 aromatic carbocycles. The number of hydrogen-bond acceptors (Lipinski definition) is 2. The lowest BCUT2D eigenvalue weighted by Gasteiger charge is -2.16. The minimum atomic E-state index is -0.343. The highest BCUT2D eigenvalue weighted by Gasteiger charge is 2.12. The predicted octanol–water partition coefficient (Wildman–Crippen LogP) is 4.23. The Morgan fingerprint density at radius 1 is 1.09 bits per heavy atom. The van der Waals surface area contributed by atoms with Gasteiger partial charge in [-0.05, 0) is 36.4 Å². The van der Waals surface area contributed by atoms with Crippen LogP contribution in [0, 0.1) is 0 Å². The normalized spacial score (nSPS) is 10.2. The Morgan fingerprint density at radius 3 is 2.45 bits per heavy atom. The predicted molar refractivity (Wildman–Crippen MR) is 89.9 cm³/mol. The monoisotopic (exact) mass is 336 g/mol. The van der Waals surface area contributed by atoms with Crippen LogP contribution in [0.25, 0.3) is 0 Å². The molecule has 2 rings (SSSR count). The largest absolute Gasteiger partial charge is 0.322 e. The summed E-state index contributed by atoms with van der Waals surface area (Å²) in [6, 6.07) is 11.7. The average Bonchev–Trinajstić information content (AvgIpc) is 2.46. The minimum Gasteiger partial charge on any atom is -0.322 e. The molecule has 6 heteroatoms. The maximum absolute atomic E-state index is 12.2. The number of hydrogen-bond donors (Lipinski definition) is 1. The molecule has 0 aliphatic carbocycles. The van der Waals surface area contributed by atoms with Crippen LogP contribution in [0.3, 0.4) is 0 Å². The first-order chi connectivity index (χ1) is 10.4. The van der Waals surface area contributed by atoms with E-state index in [-0.39, 0.29) is 16.8 Å². The summed E-state index contributed by atoms with van der Waals surface area (Å²) in [6.45, 7) is 1.47. The number of nitrogens with zero attached hydrogens (tertiary/aromatic N) is 1. The molecule has 4 nitrogen and oxygen atoms in total. The smallest absolute Gasteiger partial charge is 0.257 e. The van der Waals surface area contributed by atoms with E-state index in [0.717, 1.165) is 0 Å². The standard InChI is InChI=1S/C16H14Cl2N2O2/c1-10(21)20(2)13-5-3-4-12(9-13)19-16(22)14-7-6-11(17)8-15(14)18/h3-9H,1-2H3,(H,19,22). The number of halogens is 2. The lowest BCUT2D eigenvalue weighted by atomic mass is 10.2. The van der Waals surface area contributed by atoms with Crippen molar-refractivity contribution < 1.29 is 9.59 Å². The average molecular weight is 337 g/mol. The van der Waals surface area contributed by atoms with E-state index in [1.807, 2.05) is 0 Å². The van der Waals surface area contributed by atoms with Crippen molar-refractivity contribution in [1.29, 1.82) is 0 Å². The zero-order valence-electron chi connectivity index (χ0n) is 12.1. The summed E-state index contributed by atoms with van der Waals surface area (Å²) in [5, 5.41) is 3.49. The molecular formula is C16H14Cl2N2O2. The fraction of sp³-hybridized carbons (Fsp3) is 0.125. The fourth-order valence-corrected chi connectivity index (χ4v) is 2.34. The molecular weight excluding hydrogens is 323 g/mol. The van der Waals surface area contributed by atoms with Gasteiger partial charge in [-0.15, -0.1) is 0 Å². The van der Waals surface area contributed by atoms with Crippen LogP contribution in [0.1, 0.15) is 17.3 Å². The van der Waals surface area contributed by atoms with E-state index in [1.165, 1.54) is 17.9 Å². The second kappa shape index (κ2) is 6.81. The number of benzene rings is 2. The van der Waals surface area contributed by atoms with Crippen LogP contribution in [0.4, 0.5) is 11.4 Å². The summed E-state index contributed by atoms with van der Waals surface area (Å²) in [7, 11) is 1.67. The lowest BCUT2D eigenvalue weighted by Crippen LogP contribution is -2.23. The van der Waals surface area contributed by atoms with Crippen molar-refractivity contribution in [2.45, 2.75) is 6.92 Å². The Hall–Kier alpha value is -2.04. The quantitative estimate of drug-likeness (QED) is 0.911. The third-order valence-electron chi connectivity index (χ3n) is 3.14. The fourth-order valence-electron chi connectivity index (χ4n) is 1.85. The van der Waals surface area contributed by atoms with Gasteiger partial charge >= 0.3 is 0 Å². The minimum absolute atomic E-state index is 0.0933. The molecule has 0 heterocycles. The van der Waals surface area contributed by atoms with Crippen LogP contribution >= 0.6 is 23.2 Å². The van der Waals surface area contributed by atoms with Crippen molar-refractivity contribution in [3.05, 3.63) is 58.1 Å². The summed E-state index contributed by atoms with van der Waals surface area (Å²) in [6.07, 6.45) is 0. The summed E-state index contributed by atoms with van der Waals surface area (Å²) < 4.78 is 0. The van der Waals surface area contributed by atoms with Crippen LogP contribution in [-0.2, 0) is 4.79 Å². The summed E-state index contributed by atoms with van der Waals surface area (Å²) >= 11 is 11.8. The topological polar surface area (TPSA) is 49.4 Å². The first-order valence-electron chi connectivity index (χ1n) is 6.49. The zero-order valence-corrected chi connectivity index (χ0v) is 13.6. The van der Waals surface area contributed by atoms with Crippen LogP contribution in [0.5, 0.6) is 0 Å². The number of carbonyl (C=O) groups excluding carboxylic acids is 2. The van der Waals surface area contributed by atoms with Crippen LogP contribution < -0.4 is 10.2 Å². The highest BCUT2D eigenvalue weighted by Crippen LogP contribution is 2.23. The van der Waals surface area contributed by atoms with E-state index in [2.05, 4.69) is 5.32 Å². The molecule has 0 bridgehead atoms. The molecule has 0 aliphatic rings. The molecule has 22 heavy (non-hydrogen) atoms. The van der Waals surface area contributed by atoms with Gasteiger partial charge in [-0.3, -0.25) is 9.59 Å². The summed E-state index contributed by atoms with van der Waals surface area (Å²) in [4.78, 5) is 25.1. The Balaban J connectivity index is 2.22. The molecule has 0 unspecified atom stereocenters. The van der Waals surface area contributed by atoms with Gasteiger partial charge in [-0.1, -0.05) is 29.3 Å². The first-order valence-corrected chi connectivity index (χ1v) is 7.25. The van der Waals surface area contributed by atoms with Gasteiger partial charge in [-0.2, -0.15) is 0 Å². The molecule has 0 aliphatic heterocycles. The van der Waals surface area contributed by atoms with Crippen molar-refractivity contribution in [3.63, 3.8) is 0 Å². The van der Waals surface area contributed by atoms with Crippen molar-refractivity contribution in [2.75, 3.05) is 17.3 Å². The number of anilines is 2. The molecule has 114 valence electrons. The molecule has 0 spiro atoms. The molecule has 0 fully saturated rings. The van der Waals surface area contributed by atoms with Gasteiger partial charge in [0.25, 0.3) is 5.91 Å². The molecule has 2 aromatic rings. The molecule has 0 aromatic heterocycles.